The molecule has 94 valence electrons. The molecule has 0 radical (unpaired) electrons. The Kier molecular flexibility index (Phi) is 5.59. The molecule has 2 fully saturated rings. The van der Waals surface area contributed by atoms with Crippen molar-refractivity contribution in [1.29, 1.82) is 0 Å². The molecule has 1 atom stereocenters. The van der Waals surface area contributed by atoms with Crippen LogP contribution in [0.25, 0.3) is 0 Å². The lowest BCUT2D eigenvalue weighted by molar-refractivity contribution is 0.107. The lowest BCUT2D eigenvalue weighted by Gasteiger charge is -2.24. The average molecular weight is 227 g/mol. The van der Waals surface area contributed by atoms with Crippen LogP contribution in [0.15, 0.2) is 0 Å². The third kappa shape index (κ3) is 4.40. The fraction of sp³-hybridized carbons (Fsp3) is 1.00. The van der Waals surface area contributed by atoms with E-state index in [0.717, 1.165) is 51.4 Å². The van der Waals surface area contributed by atoms with E-state index in [-0.39, 0.29) is 0 Å². The molecule has 0 aromatic heterocycles. The monoisotopic (exact) mass is 227 g/mol. The van der Waals surface area contributed by atoms with Crippen molar-refractivity contribution in [3.05, 3.63) is 0 Å². The first-order valence-corrected chi connectivity index (χ1v) is 6.81. The first kappa shape index (κ1) is 12.3. The van der Waals surface area contributed by atoms with Crippen molar-refractivity contribution in [3.63, 3.8) is 0 Å². The third-order valence-corrected chi connectivity index (χ3v) is 3.78. The minimum atomic E-state index is 0.731. The summed E-state index contributed by atoms with van der Waals surface area (Å²) in [5.41, 5.74) is 0. The summed E-state index contributed by atoms with van der Waals surface area (Å²) in [6.07, 6.45) is 6.80. The van der Waals surface area contributed by atoms with E-state index in [2.05, 4.69) is 5.32 Å². The van der Waals surface area contributed by atoms with Crippen molar-refractivity contribution in [1.82, 2.24) is 5.32 Å². The second-order valence-corrected chi connectivity index (χ2v) is 5.13. The highest BCUT2D eigenvalue weighted by Crippen LogP contribution is 2.28. The van der Waals surface area contributed by atoms with Gasteiger partial charge in [-0.3, -0.25) is 0 Å². The third-order valence-electron chi connectivity index (χ3n) is 3.78. The maximum atomic E-state index is 5.61. The van der Waals surface area contributed by atoms with E-state index in [1.807, 2.05) is 0 Å². The Hall–Kier alpha value is -0.120. The molecule has 1 saturated heterocycles. The second-order valence-electron chi connectivity index (χ2n) is 5.13. The zero-order valence-corrected chi connectivity index (χ0v) is 10.2. The van der Waals surface area contributed by atoms with Crippen LogP contribution in [0.3, 0.4) is 0 Å². The van der Waals surface area contributed by atoms with Gasteiger partial charge in [-0.15, -0.1) is 0 Å². The van der Waals surface area contributed by atoms with Gasteiger partial charge in [0.1, 0.15) is 0 Å². The Morgan fingerprint density at radius 1 is 1.12 bits per heavy atom. The molecule has 1 heterocycles. The Balaban J connectivity index is 1.32. The summed E-state index contributed by atoms with van der Waals surface area (Å²) >= 11 is 0. The van der Waals surface area contributed by atoms with E-state index in [4.69, 9.17) is 9.47 Å². The van der Waals surface area contributed by atoms with E-state index in [1.54, 1.807) is 0 Å². The second kappa shape index (κ2) is 7.25. The van der Waals surface area contributed by atoms with Gasteiger partial charge in [0.2, 0.25) is 0 Å². The van der Waals surface area contributed by atoms with E-state index < -0.39 is 0 Å². The highest BCUT2D eigenvalue weighted by atomic mass is 16.5. The molecule has 0 spiro atoms. The lowest BCUT2D eigenvalue weighted by Crippen LogP contribution is -2.26. The number of ether oxygens (including phenoxy) is 2. The van der Waals surface area contributed by atoms with Crippen LogP contribution in [0.4, 0.5) is 0 Å². The standard InChI is InChI=1S/C13H25NO2/c1-2-12(3-1)4-7-15-9-6-14-10-13-5-8-16-11-13/h12-14H,1-11H2. The van der Waals surface area contributed by atoms with Gasteiger partial charge in [0.25, 0.3) is 0 Å². The van der Waals surface area contributed by atoms with Crippen LogP contribution < -0.4 is 5.32 Å². The highest BCUT2D eigenvalue weighted by molar-refractivity contribution is 4.69. The Labute approximate surface area is 98.9 Å². The van der Waals surface area contributed by atoms with Crippen LogP contribution in [0.1, 0.15) is 32.1 Å². The predicted octanol–water partition coefficient (Wildman–Crippen LogP) is 1.82. The van der Waals surface area contributed by atoms with Crippen molar-refractivity contribution in [2.45, 2.75) is 32.1 Å². The summed E-state index contributed by atoms with van der Waals surface area (Å²) in [5.74, 6) is 1.71. The van der Waals surface area contributed by atoms with Gasteiger partial charge in [-0.2, -0.15) is 0 Å². The van der Waals surface area contributed by atoms with Crippen molar-refractivity contribution < 1.29 is 9.47 Å². The Morgan fingerprint density at radius 3 is 2.75 bits per heavy atom. The number of nitrogens with one attached hydrogen (secondary N) is 1. The maximum Gasteiger partial charge on any atom is 0.0590 e. The Bertz CT molecular complexity index is 177. The molecule has 1 N–H and O–H groups in total. The molecular weight excluding hydrogens is 202 g/mol. The summed E-state index contributed by atoms with van der Waals surface area (Å²) in [6, 6.07) is 0. The van der Waals surface area contributed by atoms with Crippen molar-refractivity contribution in [2.24, 2.45) is 11.8 Å². The van der Waals surface area contributed by atoms with Crippen LogP contribution in [0.2, 0.25) is 0 Å². The van der Waals surface area contributed by atoms with Gasteiger partial charge in [-0.25, -0.2) is 0 Å². The van der Waals surface area contributed by atoms with Crippen LogP contribution in [-0.2, 0) is 9.47 Å². The minimum Gasteiger partial charge on any atom is -0.381 e. The van der Waals surface area contributed by atoms with Gasteiger partial charge in [-0.05, 0) is 24.7 Å². The fourth-order valence-electron chi connectivity index (χ4n) is 2.33. The number of rotatable bonds is 8. The van der Waals surface area contributed by atoms with E-state index in [9.17, 15) is 0 Å². The molecule has 3 nitrogen and oxygen atoms in total. The molecule has 16 heavy (non-hydrogen) atoms. The fourth-order valence-corrected chi connectivity index (χ4v) is 2.33. The molecular formula is C13H25NO2. The molecule has 3 heteroatoms. The van der Waals surface area contributed by atoms with Gasteiger partial charge in [0.05, 0.1) is 13.2 Å². The summed E-state index contributed by atoms with van der Waals surface area (Å²) in [6.45, 7) is 5.78. The summed E-state index contributed by atoms with van der Waals surface area (Å²) < 4.78 is 10.9. The molecule has 0 bridgehead atoms. The van der Waals surface area contributed by atoms with E-state index in [1.165, 1.54) is 32.1 Å². The topological polar surface area (TPSA) is 30.5 Å². The SMILES string of the molecule is C1CC(CCOCCNCC2CCOC2)C1. The molecule has 1 aliphatic heterocycles. The largest absolute Gasteiger partial charge is 0.381 e. The summed E-state index contributed by atoms with van der Waals surface area (Å²) in [7, 11) is 0. The van der Waals surface area contributed by atoms with Gasteiger partial charge >= 0.3 is 0 Å². The first-order valence-electron chi connectivity index (χ1n) is 6.81. The van der Waals surface area contributed by atoms with Gasteiger partial charge in [-0.1, -0.05) is 19.3 Å². The molecule has 0 aromatic rings. The van der Waals surface area contributed by atoms with Crippen LogP contribution >= 0.6 is 0 Å². The quantitative estimate of drug-likeness (QED) is 0.642. The van der Waals surface area contributed by atoms with Gasteiger partial charge < -0.3 is 14.8 Å². The Morgan fingerprint density at radius 2 is 2.06 bits per heavy atom. The first-order chi connectivity index (χ1) is 7.95. The van der Waals surface area contributed by atoms with Crippen LogP contribution in [-0.4, -0.2) is 39.5 Å². The van der Waals surface area contributed by atoms with Gasteiger partial charge in [0, 0.05) is 26.3 Å². The van der Waals surface area contributed by atoms with Crippen LogP contribution in [0, 0.1) is 11.8 Å². The van der Waals surface area contributed by atoms with E-state index in [0.29, 0.717) is 0 Å². The van der Waals surface area contributed by atoms with Gasteiger partial charge in [0.15, 0.2) is 0 Å². The zero-order chi connectivity index (χ0) is 11.1. The summed E-state index contributed by atoms with van der Waals surface area (Å²) in [5, 5.41) is 3.44. The number of hydrogen-bond acceptors (Lipinski definition) is 3. The minimum absolute atomic E-state index is 0.731. The summed E-state index contributed by atoms with van der Waals surface area (Å²) in [4.78, 5) is 0. The van der Waals surface area contributed by atoms with E-state index >= 15 is 0 Å². The molecule has 2 aliphatic rings. The van der Waals surface area contributed by atoms with Crippen molar-refractivity contribution in [3.8, 4) is 0 Å². The number of hydrogen-bond donors (Lipinski definition) is 1. The smallest absolute Gasteiger partial charge is 0.0590 e. The molecule has 0 amide bonds. The lowest BCUT2D eigenvalue weighted by atomic mass is 9.83. The van der Waals surface area contributed by atoms with Crippen LogP contribution in [0.5, 0.6) is 0 Å². The zero-order valence-electron chi connectivity index (χ0n) is 10.2. The highest BCUT2D eigenvalue weighted by Gasteiger charge is 2.16. The van der Waals surface area contributed by atoms with Crippen molar-refractivity contribution in [2.75, 3.05) is 39.5 Å². The van der Waals surface area contributed by atoms with Crippen molar-refractivity contribution >= 4 is 0 Å². The predicted molar refractivity (Wildman–Crippen MR) is 64.6 cm³/mol. The normalized spacial score (nSPS) is 25.9. The average Bonchev–Trinajstić information content (AvgIpc) is 2.72. The molecule has 2 rings (SSSR count). The molecule has 1 saturated carbocycles. The molecule has 1 unspecified atom stereocenters. The molecule has 1 aliphatic carbocycles. The molecule has 0 aromatic carbocycles. The maximum absolute atomic E-state index is 5.61.